The van der Waals surface area contributed by atoms with E-state index in [4.69, 9.17) is 0 Å². The summed E-state index contributed by atoms with van der Waals surface area (Å²) in [4.78, 5) is 15.8. The van der Waals surface area contributed by atoms with Crippen LogP contribution in [0.5, 0.6) is 0 Å². The number of anilines is 1. The van der Waals surface area contributed by atoms with Crippen LogP contribution in [0, 0.1) is 0 Å². The van der Waals surface area contributed by atoms with Crippen LogP contribution in [0.25, 0.3) is 0 Å². The minimum Gasteiger partial charge on any atom is -0.376 e. The molecule has 0 bridgehead atoms. The lowest BCUT2D eigenvalue weighted by atomic mass is 10.1. The first-order valence-corrected chi connectivity index (χ1v) is 6.24. The topological polar surface area (TPSA) is 54.0 Å². The molecule has 0 saturated carbocycles. The molecule has 4 nitrogen and oxygen atoms in total. The van der Waals surface area contributed by atoms with Crippen LogP contribution >= 0.6 is 0 Å². The average molecular weight is 255 g/mol. The van der Waals surface area contributed by atoms with Crippen molar-refractivity contribution < 1.29 is 4.79 Å². The van der Waals surface area contributed by atoms with E-state index in [1.54, 1.807) is 12.4 Å². The minimum absolute atomic E-state index is 0.0203. The quantitative estimate of drug-likeness (QED) is 0.862. The molecule has 0 aliphatic carbocycles. The van der Waals surface area contributed by atoms with Gasteiger partial charge in [0.1, 0.15) is 0 Å². The normalized spacial score (nSPS) is 11.6. The SMILES string of the molecule is C[C@H](NC(=O)CNc1ccccc1)c1ccncc1. The number of hydrogen-bond acceptors (Lipinski definition) is 3. The number of amides is 1. The van der Waals surface area contributed by atoms with E-state index in [0.29, 0.717) is 0 Å². The van der Waals surface area contributed by atoms with Gasteiger partial charge < -0.3 is 10.6 Å². The lowest BCUT2D eigenvalue weighted by Gasteiger charge is -2.14. The number of carbonyl (C=O) groups is 1. The third-order valence-electron chi connectivity index (χ3n) is 2.81. The van der Waals surface area contributed by atoms with Gasteiger partial charge in [-0.05, 0) is 36.8 Å². The smallest absolute Gasteiger partial charge is 0.239 e. The van der Waals surface area contributed by atoms with Crippen molar-refractivity contribution >= 4 is 11.6 Å². The molecule has 1 amide bonds. The Morgan fingerprint density at radius 3 is 2.53 bits per heavy atom. The van der Waals surface area contributed by atoms with Crippen LogP contribution in [0.3, 0.4) is 0 Å². The number of pyridine rings is 1. The summed E-state index contributed by atoms with van der Waals surface area (Å²) in [5.74, 6) is -0.0341. The summed E-state index contributed by atoms with van der Waals surface area (Å²) in [5, 5.41) is 6.01. The van der Waals surface area contributed by atoms with Crippen LogP contribution in [-0.2, 0) is 4.79 Å². The molecular weight excluding hydrogens is 238 g/mol. The van der Waals surface area contributed by atoms with E-state index in [9.17, 15) is 4.79 Å². The van der Waals surface area contributed by atoms with Crippen LogP contribution in [0.2, 0.25) is 0 Å². The van der Waals surface area contributed by atoms with Gasteiger partial charge in [0.25, 0.3) is 0 Å². The predicted molar refractivity (Wildman–Crippen MR) is 75.7 cm³/mol. The van der Waals surface area contributed by atoms with Gasteiger partial charge in [0.05, 0.1) is 12.6 Å². The van der Waals surface area contributed by atoms with Gasteiger partial charge in [0.15, 0.2) is 0 Å². The Balaban J connectivity index is 1.82. The first-order chi connectivity index (χ1) is 9.25. The molecule has 0 fully saturated rings. The van der Waals surface area contributed by atoms with E-state index in [2.05, 4.69) is 15.6 Å². The molecule has 1 aromatic heterocycles. The Morgan fingerprint density at radius 2 is 1.84 bits per heavy atom. The monoisotopic (exact) mass is 255 g/mol. The van der Waals surface area contributed by atoms with Crippen LogP contribution in [0.4, 0.5) is 5.69 Å². The summed E-state index contributed by atoms with van der Waals surface area (Å²) in [5.41, 5.74) is 1.98. The third kappa shape index (κ3) is 4.10. The summed E-state index contributed by atoms with van der Waals surface area (Å²) >= 11 is 0. The number of para-hydroxylation sites is 1. The fourth-order valence-corrected chi connectivity index (χ4v) is 1.77. The van der Waals surface area contributed by atoms with E-state index in [-0.39, 0.29) is 18.5 Å². The molecule has 1 heterocycles. The van der Waals surface area contributed by atoms with Gasteiger partial charge in [-0.15, -0.1) is 0 Å². The van der Waals surface area contributed by atoms with Gasteiger partial charge in [0.2, 0.25) is 5.91 Å². The fourth-order valence-electron chi connectivity index (χ4n) is 1.77. The number of aromatic nitrogens is 1. The second-order valence-corrected chi connectivity index (χ2v) is 4.29. The number of carbonyl (C=O) groups excluding carboxylic acids is 1. The Labute approximate surface area is 112 Å². The van der Waals surface area contributed by atoms with Crippen molar-refractivity contribution in [1.82, 2.24) is 10.3 Å². The molecule has 1 atom stereocenters. The van der Waals surface area contributed by atoms with Gasteiger partial charge in [0, 0.05) is 18.1 Å². The van der Waals surface area contributed by atoms with Crippen LogP contribution in [-0.4, -0.2) is 17.4 Å². The maximum absolute atomic E-state index is 11.8. The molecule has 1 aromatic carbocycles. The van der Waals surface area contributed by atoms with Gasteiger partial charge in [-0.2, -0.15) is 0 Å². The van der Waals surface area contributed by atoms with Crippen LogP contribution in [0.1, 0.15) is 18.5 Å². The van der Waals surface area contributed by atoms with Gasteiger partial charge >= 0.3 is 0 Å². The fraction of sp³-hybridized carbons (Fsp3) is 0.200. The Bertz CT molecular complexity index is 513. The number of hydrogen-bond donors (Lipinski definition) is 2. The van der Waals surface area contributed by atoms with E-state index < -0.39 is 0 Å². The summed E-state index contributed by atoms with van der Waals surface area (Å²) in [7, 11) is 0. The summed E-state index contributed by atoms with van der Waals surface area (Å²) < 4.78 is 0. The molecule has 0 saturated heterocycles. The zero-order chi connectivity index (χ0) is 13.5. The van der Waals surface area contributed by atoms with Crippen molar-refractivity contribution in [1.29, 1.82) is 0 Å². The molecular formula is C15H17N3O. The largest absolute Gasteiger partial charge is 0.376 e. The Kier molecular flexibility index (Phi) is 4.50. The summed E-state index contributed by atoms with van der Waals surface area (Å²) in [6.07, 6.45) is 3.44. The molecule has 2 rings (SSSR count). The molecule has 98 valence electrons. The lowest BCUT2D eigenvalue weighted by molar-refractivity contribution is -0.120. The zero-order valence-electron chi connectivity index (χ0n) is 10.8. The van der Waals surface area contributed by atoms with Crippen LogP contribution in [0.15, 0.2) is 54.9 Å². The molecule has 0 unspecified atom stereocenters. The minimum atomic E-state index is -0.0341. The van der Waals surface area contributed by atoms with E-state index in [0.717, 1.165) is 11.3 Å². The van der Waals surface area contributed by atoms with E-state index in [1.165, 1.54) is 0 Å². The predicted octanol–water partition coefficient (Wildman–Crippen LogP) is 2.37. The van der Waals surface area contributed by atoms with E-state index >= 15 is 0 Å². The Morgan fingerprint density at radius 1 is 1.16 bits per heavy atom. The highest BCUT2D eigenvalue weighted by molar-refractivity contribution is 5.81. The average Bonchev–Trinajstić information content (AvgIpc) is 2.47. The van der Waals surface area contributed by atoms with E-state index in [1.807, 2.05) is 49.4 Å². The maximum atomic E-state index is 11.8. The highest BCUT2D eigenvalue weighted by Crippen LogP contribution is 2.10. The van der Waals surface area contributed by atoms with Crippen molar-refractivity contribution in [2.75, 3.05) is 11.9 Å². The molecule has 0 aliphatic heterocycles. The highest BCUT2D eigenvalue weighted by atomic mass is 16.1. The number of nitrogens with one attached hydrogen (secondary N) is 2. The second kappa shape index (κ2) is 6.54. The van der Waals surface area contributed by atoms with Gasteiger partial charge in [-0.1, -0.05) is 18.2 Å². The third-order valence-corrected chi connectivity index (χ3v) is 2.81. The van der Waals surface area contributed by atoms with Crippen molar-refractivity contribution in [3.8, 4) is 0 Å². The first kappa shape index (κ1) is 13.1. The molecule has 4 heteroatoms. The van der Waals surface area contributed by atoms with Crippen molar-refractivity contribution in [2.24, 2.45) is 0 Å². The number of nitrogens with zero attached hydrogens (tertiary/aromatic N) is 1. The van der Waals surface area contributed by atoms with Gasteiger partial charge in [-0.3, -0.25) is 9.78 Å². The number of benzene rings is 1. The molecule has 0 radical (unpaired) electrons. The second-order valence-electron chi connectivity index (χ2n) is 4.29. The first-order valence-electron chi connectivity index (χ1n) is 6.24. The Hall–Kier alpha value is -2.36. The lowest BCUT2D eigenvalue weighted by Crippen LogP contribution is -2.32. The molecule has 2 N–H and O–H groups in total. The van der Waals surface area contributed by atoms with Crippen LogP contribution < -0.4 is 10.6 Å². The van der Waals surface area contributed by atoms with Crippen molar-refractivity contribution in [2.45, 2.75) is 13.0 Å². The standard InChI is InChI=1S/C15H17N3O/c1-12(13-7-9-16-10-8-13)18-15(19)11-17-14-5-3-2-4-6-14/h2-10,12,17H,11H2,1H3,(H,18,19)/t12-/m0/s1. The molecule has 0 aliphatic rings. The summed E-state index contributed by atoms with van der Waals surface area (Å²) in [6, 6.07) is 13.4. The molecule has 19 heavy (non-hydrogen) atoms. The van der Waals surface area contributed by atoms with Gasteiger partial charge in [-0.25, -0.2) is 0 Å². The summed E-state index contributed by atoms with van der Waals surface area (Å²) in [6.45, 7) is 2.22. The van der Waals surface area contributed by atoms with Crippen molar-refractivity contribution in [3.05, 3.63) is 60.4 Å². The molecule has 0 spiro atoms. The zero-order valence-corrected chi connectivity index (χ0v) is 10.8. The molecule has 2 aromatic rings. The number of rotatable bonds is 5. The highest BCUT2D eigenvalue weighted by Gasteiger charge is 2.08. The van der Waals surface area contributed by atoms with Crippen molar-refractivity contribution in [3.63, 3.8) is 0 Å². The maximum Gasteiger partial charge on any atom is 0.239 e.